The van der Waals surface area contributed by atoms with Gasteiger partial charge < -0.3 is 10.2 Å². The molecular formula is C23H31N3O. The van der Waals surface area contributed by atoms with E-state index in [4.69, 9.17) is 0 Å². The highest BCUT2D eigenvalue weighted by Crippen LogP contribution is 2.22. The molecule has 4 nitrogen and oxygen atoms in total. The van der Waals surface area contributed by atoms with E-state index < -0.39 is 0 Å². The van der Waals surface area contributed by atoms with Crippen molar-refractivity contribution in [3.63, 3.8) is 0 Å². The van der Waals surface area contributed by atoms with Crippen LogP contribution >= 0.6 is 0 Å². The highest BCUT2D eigenvalue weighted by Gasteiger charge is 2.21. The molecular weight excluding hydrogens is 334 g/mol. The first-order chi connectivity index (χ1) is 12.9. The molecule has 4 heteroatoms. The number of piperazine rings is 1. The van der Waals surface area contributed by atoms with Crippen molar-refractivity contribution in [1.82, 2.24) is 15.1 Å². The first kappa shape index (κ1) is 19.4. The summed E-state index contributed by atoms with van der Waals surface area (Å²) in [7, 11) is 0. The summed E-state index contributed by atoms with van der Waals surface area (Å²) in [5.74, 6) is 0. The number of amides is 2. The number of hydrogen-bond acceptors (Lipinski definition) is 2. The molecule has 27 heavy (non-hydrogen) atoms. The lowest BCUT2D eigenvalue weighted by Gasteiger charge is -2.34. The molecule has 1 N–H and O–H groups in total. The third kappa shape index (κ3) is 5.57. The molecule has 0 spiro atoms. The summed E-state index contributed by atoms with van der Waals surface area (Å²) in [6.45, 7) is 11.6. The molecule has 1 heterocycles. The fourth-order valence-electron chi connectivity index (χ4n) is 3.36. The normalized spacial score (nSPS) is 15.6. The summed E-state index contributed by atoms with van der Waals surface area (Å²) >= 11 is 0. The van der Waals surface area contributed by atoms with Crippen LogP contribution in [-0.4, -0.2) is 42.0 Å². The van der Waals surface area contributed by atoms with Gasteiger partial charge in [-0.1, -0.05) is 75.4 Å². The Labute approximate surface area is 163 Å². The number of rotatable bonds is 4. The molecule has 2 aromatic rings. The second-order valence-electron chi connectivity index (χ2n) is 8.35. The third-order valence-electron chi connectivity index (χ3n) is 5.17. The van der Waals surface area contributed by atoms with E-state index in [0.717, 1.165) is 38.3 Å². The minimum Gasteiger partial charge on any atom is -0.334 e. The van der Waals surface area contributed by atoms with Crippen molar-refractivity contribution in [2.45, 2.75) is 39.3 Å². The van der Waals surface area contributed by atoms with Crippen molar-refractivity contribution in [3.05, 3.63) is 71.3 Å². The zero-order valence-corrected chi connectivity index (χ0v) is 16.7. The van der Waals surface area contributed by atoms with Gasteiger partial charge in [-0.25, -0.2) is 4.79 Å². The summed E-state index contributed by atoms with van der Waals surface area (Å²) in [5, 5.41) is 3.02. The van der Waals surface area contributed by atoms with Gasteiger partial charge in [0, 0.05) is 39.3 Å². The number of carbonyl (C=O) groups is 1. The number of benzene rings is 2. The van der Waals surface area contributed by atoms with Gasteiger partial charge in [0.1, 0.15) is 0 Å². The third-order valence-corrected chi connectivity index (χ3v) is 5.17. The quantitative estimate of drug-likeness (QED) is 0.888. The fourth-order valence-corrected chi connectivity index (χ4v) is 3.36. The smallest absolute Gasteiger partial charge is 0.317 e. The molecule has 0 saturated carbocycles. The predicted molar refractivity (Wildman–Crippen MR) is 111 cm³/mol. The monoisotopic (exact) mass is 365 g/mol. The van der Waals surface area contributed by atoms with E-state index in [1.807, 2.05) is 35.2 Å². The van der Waals surface area contributed by atoms with Gasteiger partial charge in [-0.2, -0.15) is 0 Å². The van der Waals surface area contributed by atoms with Crippen molar-refractivity contribution < 1.29 is 4.79 Å². The van der Waals surface area contributed by atoms with Crippen LogP contribution in [0.15, 0.2) is 54.6 Å². The molecule has 2 amide bonds. The van der Waals surface area contributed by atoms with Crippen LogP contribution in [0.5, 0.6) is 0 Å². The predicted octanol–water partition coefficient (Wildman–Crippen LogP) is 4.01. The van der Waals surface area contributed by atoms with Crippen LogP contribution < -0.4 is 5.32 Å². The number of carbonyl (C=O) groups excluding carboxylic acids is 1. The van der Waals surface area contributed by atoms with Crippen LogP contribution in [0.4, 0.5) is 4.79 Å². The molecule has 1 saturated heterocycles. The van der Waals surface area contributed by atoms with E-state index in [-0.39, 0.29) is 11.4 Å². The average Bonchev–Trinajstić information content (AvgIpc) is 2.67. The van der Waals surface area contributed by atoms with Gasteiger partial charge in [0.2, 0.25) is 0 Å². The molecule has 0 bridgehead atoms. The Kier molecular flexibility index (Phi) is 6.17. The Balaban J connectivity index is 1.44. The second kappa shape index (κ2) is 8.57. The van der Waals surface area contributed by atoms with Crippen LogP contribution in [0.1, 0.15) is 37.5 Å². The molecule has 0 aliphatic carbocycles. The van der Waals surface area contributed by atoms with Gasteiger partial charge in [-0.3, -0.25) is 4.90 Å². The van der Waals surface area contributed by atoms with Crippen molar-refractivity contribution in [2.75, 3.05) is 26.2 Å². The maximum atomic E-state index is 12.4. The van der Waals surface area contributed by atoms with Gasteiger partial charge in [-0.05, 0) is 22.1 Å². The molecule has 0 unspecified atom stereocenters. The number of nitrogens with one attached hydrogen (secondary N) is 1. The van der Waals surface area contributed by atoms with E-state index in [0.29, 0.717) is 6.54 Å². The molecule has 3 rings (SSSR count). The van der Waals surface area contributed by atoms with E-state index in [1.165, 1.54) is 11.1 Å². The standard InChI is InChI=1S/C23H31N3O/c1-23(2,3)21-11-9-20(10-12-21)18-25-13-15-26(16-14-25)22(27)24-17-19-7-5-4-6-8-19/h4-12H,13-18H2,1-3H3,(H,24,27). The first-order valence-corrected chi connectivity index (χ1v) is 9.80. The largest absolute Gasteiger partial charge is 0.334 e. The highest BCUT2D eigenvalue weighted by molar-refractivity contribution is 5.74. The molecule has 144 valence electrons. The lowest BCUT2D eigenvalue weighted by atomic mass is 9.87. The summed E-state index contributed by atoms with van der Waals surface area (Å²) in [6.07, 6.45) is 0. The summed E-state index contributed by atoms with van der Waals surface area (Å²) in [6, 6.07) is 19.0. The van der Waals surface area contributed by atoms with Gasteiger partial charge >= 0.3 is 6.03 Å². The Morgan fingerprint density at radius 3 is 2.11 bits per heavy atom. The molecule has 0 atom stereocenters. The van der Waals surface area contributed by atoms with E-state index in [9.17, 15) is 4.79 Å². The Hall–Kier alpha value is -2.33. The van der Waals surface area contributed by atoms with Crippen molar-refractivity contribution in [1.29, 1.82) is 0 Å². The summed E-state index contributed by atoms with van der Waals surface area (Å²) in [5.41, 5.74) is 4.02. The number of hydrogen-bond donors (Lipinski definition) is 1. The van der Waals surface area contributed by atoms with E-state index in [1.54, 1.807) is 0 Å². The van der Waals surface area contributed by atoms with Crippen LogP contribution in [0.3, 0.4) is 0 Å². The van der Waals surface area contributed by atoms with Gasteiger partial charge in [0.15, 0.2) is 0 Å². The summed E-state index contributed by atoms with van der Waals surface area (Å²) < 4.78 is 0. The maximum absolute atomic E-state index is 12.4. The van der Waals surface area contributed by atoms with Crippen LogP contribution in [0.25, 0.3) is 0 Å². The molecule has 0 aromatic heterocycles. The Morgan fingerprint density at radius 1 is 0.889 bits per heavy atom. The first-order valence-electron chi connectivity index (χ1n) is 9.80. The lowest BCUT2D eigenvalue weighted by Crippen LogP contribution is -2.51. The van der Waals surface area contributed by atoms with Gasteiger partial charge in [0.05, 0.1) is 0 Å². The van der Waals surface area contributed by atoms with Gasteiger partial charge in [-0.15, -0.1) is 0 Å². The van der Waals surface area contributed by atoms with Gasteiger partial charge in [0.25, 0.3) is 0 Å². The summed E-state index contributed by atoms with van der Waals surface area (Å²) in [4.78, 5) is 16.7. The van der Waals surface area contributed by atoms with Crippen molar-refractivity contribution in [2.24, 2.45) is 0 Å². The fraction of sp³-hybridized carbons (Fsp3) is 0.435. The van der Waals surface area contributed by atoms with Crippen molar-refractivity contribution >= 4 is 6.03 Å². The lowest BCUT2D eigenvalue weighted by molar-refractivity contribution is 0.135. The second-order valence-corrected chi connectivity index (χ2v) is 8.35. The number of urea groups is 1. The van der Waals surface area contributed by atoms with Crippen LogP contribution in [0.2, 0.25) is 0 Å². The molecule has 1 aliphatic heterocycles. The topological polar surface area (TPSA) is 35.6 Å². The Bertz CT molecular complexity index is 726. The molecule has 2 aromatic carbocycles. The number of nitrogens with zero attached hydrogens (tertiary/aromatic N) is 2. The van der Waals surface area contributed by atoms with E-state index >= 15 is 0 Å². The van der Waals surface area contributed by atoms with Crippen LogP contribution in [-0.2, 0) is 18.5 Å². The molecule has 1 aliphatic rings. The minimum absolute atomic E-state index is 0.0352. The molecule has 1 fully saturated rings. The average molecular weight is 366 g/mol. The maximum Gasteiger partial charge on any atom is 0.317 e. The highest BCUT2D eigenvalue weighted by atomic mass is 16.2. The van der Waals surface area contributed by atoms with Crippen molar-refractivity contribution in [3.8, 4) is 0 Å². The van der Waals surface area contributed by atoms with Crippen LogP contribution in [0, 0.1) is 0 Å². The zero-order chi connectivity index (χ0) is 19.3. The van der Waals surface area contributed by atoms with E-state index in [2.05, 4.69) is 55.3 Å². The SMILES string of the molecule is CC(C)(C)c1ccc(CN2CCN(C(=O)NCc3ccccc3)CC2)cc1. The molecule has 0 radical (unpaired) electrons. The Morgan fingerprint density at radius 2 is 1.52 bits per heavy atom. The minimum atomic E-state index is 0.0352. The zero-order valence-electron chi connectivity index (χ0n) is 16.7.